The minimum absolute atomic E-state index is 0.0348. The molecule has 7 heteroatoms. The largest absolute Gasteiger partial charge is 0.478 e. The van der Waals surface area contributed by atoms with E-state index in [1.165, 1.54) is 6.20 Å². The summed E-state index contributed by atoms with van der Waals surface area (Å²) in [6.45, 7) is -0.163. The molecule has 3 N–H and O–H groups in total. The molecule has 0 saturated carbocycles. The molecule has 0 atom stereocenters. The normalized spacial score (nSPS) is 10.7. The van der Waals surface area contributed by atoms with Crippen LogP contribution in [0.4, 0.5) is 8.78 Å². The highest BCUT2D eigenvalue weighted by atomic mass is 127. The van der Waals surface area contributed by atoms with Crippen molar-refractivity contribution < 1.29 is 18.7 Å². The quantitative estimate of drug-likeness (QED) is 0.655. The van der Waals surface area contributed by atoms with Gasteiger partial charge in [-0.2, -0.15) is 0 Å². The average molecular weight is 328 g/mol. The van der Waals surface area contributed by atoms with E-state index in [1.807, 2.05) is 0 Å². The predicted molar refractivity (Wildman–Crippen MR) is 56.8 cm³/mol. The first-order chi connectivity index (χ1) is 6.99. The molecule has 1 heterocycles. The summed E-state index contributed by atoms with van der Waals surface area (Å²) in [5.41, 5.74) is 4.30. The van der Waals surface area contributed by atoms with Crippen molar-refractivity contribution in [2.75, 3.05) is 0 Å². The minimum atomic E-state index is -2.87. The number of carbonyl (C=O) groups is 1. The minimum Gasteiger partial charge on any atom is -0.478 e. The van der Waals surface area contributed by atoms with E-state index in [9.17, 15) is 13.6 Å². The second-order valence-electron chi connectivity index (χ2n) is 2.67. The lowest BCUT2D eigenvalue weighted by Gasteiger charge is -2.11. The summed E-state index contributed by atoms with van der Waals surface area (Å²) in [5.74, 6) is -1.42. The van der Waals surface area contributed by atoms with Crippen molar-refractivity contribution in [3.63, 3.8) is 0 Å². The van der Waals surface area contributed by atoms with E-state index in [0.29, 0.717) is 0 Å². The SMILES string of the molecule is NCc1cnc(I)c(C(=O)O)c1C(F)F. The third kappa shape index (κ3) is 2.40. The lowest BCUT2D eigenvalue weighted by Crippen LogP contribution is -2.13. The van der Waals surface area contributed by atoms with E-state index in [-0.39, 0.29) is 15.8 Å². The fourth-order valence-electron chi connectivity index (χ4n) is 1.16. The zero-order valence-electron chi connectivity index (χ0n) is 7.38. The molecule has 0 unspecified atom stereocenters. The molecule has 1 aromatic heterocycles. The van der Waals surface area contributed by atoms with E-state index in [1.54, 1.807) is 22.6 Å². The molecule has 82 valence electrons. The maximum absolute atomic E-state index is 12.7. The number of nitrogens with two attached hydrogens (primary N) is 1. The van der Waals surface area contributed by atoms with Crippen LogP contribution in [0.25, 0.3) is 0 Å². The van der Waals surface area contributed by atoms with Crippen LogP contribution in [0, 0.1) is 3.70 Å². The van der Waals surface area contributed by atoms with E-state index in [0.717, 1.165) is 0 Å². The van der Waals surface area contributed by atoms with Crippen LogP contribution in [0.1, 0.15) is 27.9 Å². The highest BCUT2D eigenvalue weighted by molar-refractivity contribution is 14.1. The van der Waals surface area contributed by atoms with Crippen LogP contribution in [-0.2, 0) is 6.54 Å². The maximum Gasteiger partial charge on any atom is 0.338 e. The summed E-state index contributed by atoms with van der Waals surface area (Å²) in [4.78, 5) is 14.5. The van der Waals surface area contributed by atoms with Gasteiger partial charge in [0.1, 0.15) is 9.26 Å². The van der Waals surface area contributed by atoms with Crippen LogP contribution in [0.2, 0.25) is 0 Å². The summed E-state index contributed by atoms with van der Waals surface area (Å²) in [6.07, 6.45) is -1.69. The molecule has 0 saturated heterocycles. The zero-order chi connectivity index (χ0) is 11.6. The van der Waals surface area contributed by atoms with E-state index in [4.69, 9.17) is 10.8 Å². The van der Waals surface area contributed by atoms with Gasteiger partial charge in [0.05, 0.1) is 0 Å². The Morgan fingerprint density at radius 2 is 2.27 bits per heavy atom. The van der Waals surface area contributed by atoms with Gasteiger partial charge >= 0.3 is 5.97 Å². The van der Waals surface area contributed by atoms with Gasteiger partial charge in [-0.05, 0) is 28.2 Å². The number of aromatic carboxylic acids is 1. The molecule has 0 spiro atoms. The molecule has 4 nitrogen and oxygen atoms in total. The van der Waals surface area contributed by atoms with Gasteiger partial charge in [0.2, 0.25) is 0 Å². The number of nitrogens with zero attached hydrogens (tertiary/aromatic N) is 1. The van der Waals surface area contributed by atoms with Crippen LogP contribution in [0.5, 0.6) is 0 Å². The molecule has 0 bridgehead atoms. The summed E-state index contributed by atoms with van der Waals surface area (Å²) in [5, 5.41) is 8.80. The second-order valence-corrected chi connectivity index (χ2v) is 3.69. The Hall–Kier alpha value is -0.830. The standard InChI is InChI=1S/C8H7F2IN2O2/c9-6(10)4-3(1-12)2-13-7(11)5(4)8(14)15/h2,6H,1,12H2,(H,14,15). The van der Waals surface area contributed by atoms with Crippen molar-refractivity contribution in [2.45, 2.75) is 13.0 Å². The summed E-state index contributed by atoms with van der Waals surface area (Å²) >= 11 is 1.60. The van der Waals surface area contributed by atoms with Crippen LogP contribution in [0.3, 0.4) is 0 Å². The Bertz CT molecular complexity index is 398. The first kappa shape index (κ1) is 12.2. The van der Waals surface area contributed by atoms with Crippen molar-refractivity contribution in [1.29, 1.82) is 0 Å². The summed E-state index contributed by atoms with van der Waals surface area (Å²) < 4.78 is 25.4. The topological polar surface area (TPSA) is 76.2 Å². The fourth-order valence-corrected chi connectivity index (χ4v) is 1.82. The number of hydrogen-bond donors (Lipinski definition) is 2. The molecule has 0 amide bonds. The maximum atomic E-state index is 12.7. The Balaban J connectivity index is 3.51. The molecule has 1 aromatic rings. The van der Waals surface area contributed by atoms with Gasteiger partial charge < -0.3 is 10.8 Å². The van der Waals surface area contributed by atoms with Crippen molar-refractivity contribution in [3.8, 4) is 0 Å². The predicted octanol–water partition coefficient (Wildman–Crippen LogP) is 1.78. The van der Waals surface area contributed by atoms with Crippen molar-refractivity contribution in [2.24, 2.45) is 5.73 Å². The zero-order valence-corrected chi connectivity index (χ0v) is 9.53. The number of halogens is 3. The molecule has 0 aliphatic rings. The first-order valence-corrected chi connectivity index (χ1v) is 4.95. The van der Waals surface area contributed by atoms with Gasteiger partial charge in [0, 0.05) is 18.3 Å². The van der Waals surface area contributed by atoms with E-state index < -0.39 is 23.5 Å². The van der Waals surface area contributed by atoms with Crippen LogP contribution < -0.4 is 5.73 Å². The van der Waals surface area contributed by atoms with Gasteiger partial charge in [0.15, 0.2) is 0 Å². The van der Waals surface area contributed by atoms with E-state index >= 15 is 0 Å². The molecule has 1 rings (SSSR count). The van der Waals surface area contributed by atoms with Gasteiger partial charge in [-0.15, -0.1) is 0 Å². The van der Waals surface area contributed by atoms with Crippen molar-refractivity contribution >= 4 is 28.6 Å². The second kappa shape index (κ2) is 4.79. The molecular weight excluding hydrogens is 321 g/mol. The number of rotatable bonds is 3. The Labute approximate surface area is 97.6 Å². The highest BCUT2D eigenvalue weighted by Crippen LogP contribution is 2.28. The van der Waals surface area contributed by atoms with Gasteiger partial charge in [-0.25, -0.2) is 18.6 Å². The third-order valence-corrected chi connectivity index (χ3v) is 2.63. The van der Waals surface area contributed by atoms with Gasteiger partial charge in [-0.1, -0.05) is 0 Å². The lowest BCUT2D eigenvalue weighted by atomic mass is 10.1. The Morgan fingerprint density at radius 1 is 1.67 bits per heavy atom. The number of pyridine rings is 1. The monoisotopic (exact) mass is 328 g/mol. The third-order valence-electron chi connectivity index (χ3n) is 1.81. The van der Waals surface area contributed by atoms with Crippen LogP contribution in [0.15, 0.2) is 6.20 Å². The van der Waals surface area contributed by atoms with Crippen LogP contribution >= 0.6 is 22.6 Å². The van der Waals surface area contributed by atoms with E-state index in [2.05, 4.69) is 4.98 Å². The highest BCUT2D eigenvalue weighted by Gasteiger charge is 2.24. The molecule has 0 aromatic carbocycles. The summed E-state index contributed by atoms with van der Waals surface area (Å²) in [6, 6.07) is 0. The number of carboxylic acids is 1. The molecule has 0 aliphatic heterocycles. The molecule has 15 heavy (non-hydrogen) atoms. The lowest BCUT2D eigenvalue weighted by molar-refractivity contribution is 0.0682. The average Bonchev–Trinajstić information content (AvgIpc) is 2.16. The molecular formula is C8H7F2IN2O2. The summed E-state index contributed by atoms with van der Waals surface area (Å²) in [7, 11) is 0. The first-order valence-electron chi connectivity index (χ1n) is 3.87. The molecule has 0 radical (unpaired) electrons. The molecule has 0 aliphatic carbocycles. The van der Waals surface area contributed by atoms with Gasteiger partial charge in [0.25, 0.3) is 6.43 Å². The number of hydrogen-bond acceptors (Lipinski definition) is 3. The Morgan fingerprint density at radius 3 is 2.67 bits per heavy atom. The van der Waals surface area contributed by atoms with Gasteiger partial charge in [-0.3, -0.25) is 0 Å². The molecule has 0 fully saturated rings. The van der Waals surface area contributed by atoms with Crippen molar-refractivity contribution in [1.82, 2.24) is 4.98 Å². The fraction of sp³-hybridized carbons (Fsp3) is 0.250. The number of carboxylic acid groups (broad SMARTS) is 1. The number of aromatic nitrogens is 1. The Kier molecular flexibility index (Phi) is 3.91. The smallest absolute Gasteiger partial charge is 0.338 e. The van der Waals surface area contributed by atoms with Crippen LogP contribution in [-0.4, -0.2) is 16.1 Å². The van der Waals surface area contributed by atoms with Crippen molar-refractivity contribution in [3.05, 3.63) is 26.6 Å². The number of alkyl halides is 2.